The zero-order valence-electron chi connectivity index (χ0n) is 16.7. The van der Waals surface area contributed by atoms with Gasteiger partial charge in [-0.2, -0.15) is 0 Å². The smallest absolute Gasteiger partial charge is 0.315 e. The first-order valence-electron chi connectivity index (χ1n) is 9.75. The molecule has 3 rings (SSSR count). The Balaban J connectivity index is 2.13. The van der Waals surface area contributed by atoms with Crippen LogP contribution in [0.25, 0.3) is 0 Å². The molecule has 0 aromatic heterocycles. The van der Waals surface area contributed by atoms with Gasteiger partial charge in [0.05, 0.1) is 6.61 Å². The van der Waals surface area contributed by atoms with Gasteiger partial charge in [-0.3, -0.25) is 9.59 Å². The molecule has 2 aliphatic rings. The second-order valence-corrected chi connectivity index (χ2v) is 8.29. The first kappa shape index (κ1) is 19.4. The lowest BCUT2D eigenvalue weighted by Crippen LogP contribution is -2.43. The SMILES string of the molecule is C=C1NC2=C(C(=O)CC(C)(C)C2)C(c2ccc(CC)cc2)C1C(=O)OCC. The van der Waals surface area contributed by atoms with Crippen molar-refractivity contribution in [2.75, 3.05) is 6.61 Å². The van der Waals surface area contributed by atoms with Crippen LogP contribution in [0.5, 0.6) is 0 Å². The van der Waals surface area contributed by atoms with Crippen LogP contribution in [0.4, 0.5) is 0 Å². The van der Waals surface area contributed by atoms with Gasteiger partial charge >= 0.3 is 5.97 Å². The van der Waals surface area contributed by atoms with E-state index in [0.717, 1.165) is 29.7 Å². The Morgan fingerprint density at radius 1 is 1.22 bits per heavy atom. The summed E-state index contributed by atoms with van der Waals surface area (Å²) in [5.41, 5.74) is 4.34. The number of hydrogen-bond acceptors (Lipinski definition) is 4. The first-order valence-corrected chi connectivity index (χ1v) is 9.75. The summed E-state index contributed by atoms with van der Waals surface area (Å²) in [4.78, 5) is 25.9. The van der Waals surface area contributed by atoms with Gasteiger partial charge in [-0.1, -0.05) is 51.6 Å². The van der Waals surface area contributed by atoms with E-state index in [9.17, 15) is 9.59 Å². The number of ketones is 1. The molecule has 4 nitrogen and oxygen atoms in total. The van der Waals surface area contributed by atoms with Crippen molar-refractivity contribution < 1.29 is 14.3 Å². The molecule has 1 aliphatic carbocycles. The van der Waals surface area contributed by atoms with Crippen LogP contribution >= 0.6 is 0 Å². The molecule has 0 saturated heterocycles. The van der Waals surface area contributed by atoms with Gasteiger partial charge in [-0.25, -0.2) is 0 Å². The lowest BCUT2D eigenvalue weighted by Gasteiger charge is -2.42. The quantitative estimate of drug-likeness (QED) is 0.808. The highest BCUT2D eigenvalue weighted by molar-refractivity contribution is 6.00. The molecule has 2 unspecified atom stereocenters. The Morgan fingerprint density at radius 3 is 2.48 bits per heavy atom. The van der Waals surface area contributed by atoms with Crippen molar-refractivity contribution in [3.8, 4) is 0 Å². The van der Waals surface area contributed by atoms with E-state index in [1.807, 2.05) is 12.1 Å². The number of nitrogens with one attached hydrogen (secondary N) is 1. The van der Waals surface area contributed by atoms with Crippen LogP contribution in [0.15, 0.2) is 47.8 Å². The van der Waals surface area contributed by atoms with E-state index < -0.39 is 5.92 Å². The number of hydrogen-bond donors (Lipinski definition) is 1. The van der Waals surface area contributed by atoms with Gasteiger partial charge in [0.2, 0.25) is 0 Å². The molecule has 4 heteroatoms. The number of aryl methyl sites for hydroxylation is 1. The molecule has 1 N–H and O–H groups in total. The van der Waals surface area contributed by atoms with Gasteiger partial charge in [-0.05, 0) is 36.3 Å². The molecule has 0 radical (unpaired) electrons. The topological polar surface area (TPSA) is 55.4 Å². The third-order valence-electron chi connectivity index (χ3n) is 5.54. The molecule has 0 fully saturated rings. The molecular formula is C23H29NO3. The maximum atomic E-state index is 13.1. The summed E-state index contributed by atoms with van der Waals surface area (Å²) in [7, 11) is 0. The summed E-state index contributed by atoms with van der Waals surface area (Å²) < 4.78 is 5.33. The summed E-state index contributed by atoms with van der Waals surface area (Å²) in [6.07, 6.45) is 2.20. The minimum absolute atomic E-state index is 0.101. The lowest BCUT2D eigenvalue weighted by atomic mass is 9.66. The number of ether oxygens (including phenoxy) is 1. The summed E-state index contributed by atoms with van der Waals surface area (Å²) in [6, 6.07) is 8.21. The number of allylic oxidation sites excluding steroid dienone is 2. The first-order chi connectivity index (χ1) is 12.8. The van der Waals surface area contributed by atoms with Gasteiger partial charge in [0, 0.05) is 29.3 Å². The fourth-order valence-corrected chi connectivity index (χ4v) is 4.28. The summed E-state index contributed by atoms with van der Waals surface area (Å²) >= 11 is 0. The fourth-order valence-electron chi connectivity index (χ4n) is 4.28. The van der Waals surface area contributed by atoms with Crippen LogP contribution in [0.2, 0.25) is 0 Å². The number of carbonyl (C=O) groups excluding carboxylic acids is 2. The van der Waals surface area contributed by atoms with Crippen LogP contribution in [-0.4, -0.2) is 18.4 Å². The van der Waals surface area contributed by atoms with Crippen molar-refractivity contribution in [3.63, 3.8) is 0 Å². The number of Topliss-reactive ketones (excluding diaryl/α,β-unsaturated/α-hetero) is 1. The Labute approximate surface area is 161 Å². The third-order valence-corrected chi connectivity index (χ3v) is 5.54. The maximum Gasteiger partial charge on any atom is 0.315 e. The number of rotatable bonds is 4. The van der Waals surface area contributed by atoms with E-state index in [2.05, 4.69) is 44.8 Å². The van der Waals surface area contributed by atoms with Gasteiger partial charge in [0.25, 0.3) is 0 Å². The summed E-state index contributed by atoms with van der Waals surface area (Å²) in [5.74, 6) is -1.16. The van der Waals surface area contributed by atoms with Gasteiger partial charge in [0.1, 0.15) is 5.92 Å². The predicted molar refractivity (Wildman–Crippen MR) is 106 cm³/mol. The molecule has 0 spiro atoms. The van der Waals surface area contributed by atoms with E-state index in [1.165, 1.54) is 5.56 Å². The van der Waals surface area contributed by atoms with Crippen LogP contribution < -0.4 is 5.32 Å². The monoisotopic (exact) mass is 367 g/mol. The number of benzene rings is 1. The van der Waals surface area contributed by atoms with Crippen LogP contribution in [0, 0.1) is 11.3 Å². The number of carbonyl (C=O) groups is 2. The molecule has 0 amide bonds. The fraction of sp³-hybridized carbons (Fsp3) is 0.478. The molecular weight excluding hydrogens is 338 g/mol. The summed E-state index contributed by atoms with van der Waals surface area (Å²) in [6.45, 7) is 12.5. The molecule has 2 atom stereocenters. The number of esters is 1. The lowest BCUT2D eigenvalue weighted by molar-refractivity contribution is -0.147. The second kappa shape index (κ2) is 7.34. The third kappa shape index (κ3) is 3.71. The maximum absolute atomic E-state index is 13.1. The highest BCUT2D eigenvalue weighted by Gasteiger charge is 2.46. The normalized spacial score (nSPS) is 24.3. The molecule has 0 saturated carbocycles. The second-order valence-electron chi connectivity index (χ2n) is 8.29. The van der Waals surface area contributed by atoms with Crippen LogP contribution in [0.1, 0.15) is 57.6 Å². The van der Waals surface area contributed by atoms with E-state index in [0.29, 0.717) is 18.7 Å². The highest BCUT2D eigenvalue weighted by atomic mass is 16.5. The Hall–Kier alpha value is -2.36. The van der Waals surface area contributed by atoms with E-state index in [4.69, 9.17) is 4.74 Å². The molecule has 1 heterocycles. The molecule has 144 valence electrons. The molecule has 0 bridgehead atoms. The minimum Gasteiger partial charge on any atom is -0.465 e. The Kier molecular flexibility index (Phi) is 5.27. The van der Waals surface area contributed by atoms with Crippen LogP contribution in [0.3, 0.4) is 0 Å². The molecule has 1 aliphatic heterocycles. The van der Waals surface area contributed by atoms with Crippen molar-refractivity contribution in [1.82, 2.24) is 5.32 Å². The zero-order chi connectivity index (χ0) is 19.8. The Bertz CT molecular complexity index is 801. The van der Waals surface area contributed by atoms with Crippen molar-refractivity contribution in [1.29, 1.82) is 0 Å². The minimum atomic E-state index is -0.596. The largest absolute Gasteiger partial charge is 0.465 e. The van der Waals surface area contributed by atoms with Crippen molar-refractivity contribution in [3.05, 3.63) is 58.9 Å². The van der Waals surface area contributed by atoms with Crippen molar-refractivity contribution in [2.45, 2.75) is 52.9 Å². The van der Waals surface area contributed by atoms with Gasteiger partial charge in [-0.15, -0.1) is 0 Å². The summed E-state index contributed by atoms with van der Waals surface area (Å²) in [5, 5.41) is 3.28. The average Bonchev–Trinajstić information content (AvgIpc) is 2.59. The average molecular weight is 367 g/mol. The highest BCUT2D eigenvalue weighted by Crippen LogP contribution is 2.48. The van der Waals surface area contributed by atoms with Gasteiger partial charge in [0.15, 0.2) is 5.78 Å². The van der Waals surface area contributed by atoms with E-state index in [1.54, 1.807) is 6.92 Å². The Morgan fingerprint density at radius 2 is 1.89 bits per heavy atom. The van der Waals surface area contributed by atoms with Crippen molar-refractivity contribution in [2.24, 2.45) is 11.3 Å². The van der Waals surface area contributed by atoms with Gasteiger partial charge < -0.3 is 10.1 Å². The van der Waals surface area contributed by atoms with Crippen molar-refractivity contribution >= 4 is 11.8 Å². The standard InChI is InChI=1S/C23H29NO3/c1-6-15-8-10-16(11-9-15)20-19(22(26)27-7-2)14(3)24-17-12-23(4,5)13-18(25)21(17)20/h8-11,19-20,24H,3,6-7,12-13H2,1-2,4-5H3. The van der Waals surface area contributed by atoms with E-state index in [-0.39, 0.29) is 23.1 Å². The van der Waals surface area contributed by atoms with E-state index >= 15 is 0 Å². The zero-order valence-corrected chi connectivity index (χ0v) is 16.7. The predicted octanol–water partition coefficient (Wildman–Crippen LogP) is 4.27. The molecule has 27 heavy (non-hydrogen) atoms. The molecule has 1 aromatic carbocycles. The molecule has 1 aromatic rings. The van der Waals surface area contributed by atoms with Crippen LogP contribution in [-0.2, 0) is 20.7 Å².